The minimum atomic E-state index is 0. The molecule has 1 heterocycles. The highest BCUT2D eigenvalue weighted by Gasteiger charge is 2.29. The lowest BCUT2D eigenvalue weighted by molar-refractivity contribution is 0.0775. The normalized spacial score (nSPS) is 20.0. The summed E-state index contributed by atoms with van der Waals surface area (Å²) in [6.07, 6.45) is 2.62. The maximum atomic E-state index is 6.03. The lowest BCUT2D eigenvalue weighted by atomic mass is 9.94. The molecular weight excluding hydrogens is 399 g/mol. The highest BCUT2D eigenvalue weighted by Crippen LogP contribution is 2.24. The van der Waals surface area contributed by atoms with Crippen molar-refractivity contribution in [3.05, 3.63) is 29.8 Å². The molecule has 23 heavy (non-hydrogen) atoms. The molecule has 5 heteroatoms. The number of nitrogens with two attached hydrogens (primary N) is 1. The van der Waals surface area contributed by atoms with Gasteiger partial charge in [-0.1, -0.05) is 24.6 Å². The van der Waals surface area contributed by atoms with Gasteiger partial charge in [0.25, 0.3) is 0 Å². The maximum Gasteiger partial charge on any atom is 0.193 e. The number of aliphatic imine (C=N–C) groups is 1. The largest absolute Gasteiger partial charge is 0.370 e. The quantitative estimate of drug-likeness (QED) is 0.434. The van der Waals surface area contributed by atoms with Crippen molar-refractivity contribution in [1.82, 2.24) is 4.90 Å². The monoisotopic (exact) mass is 430 g/mol. The molecule has 2 rings (SSSR count). The van der Waals surface area contributed by atoms with Crippen molar-refractivity contribution in [3.63, 3.8) is 0 Å². The number of likely N-dealkylation sites (tertiary alicyclic amines) is 1. The Balaban J connectivity index is 0.00000264. The molecule has 3 N–H and O–H groups in total. The van der Waals surface area contributed by atoms with E-state index in [2.05, 4.69) is 55.0 Å². The molecule has 1 aliphatic heterocycles. The van der Waals surface area contributed by atoms with Crippen LogP contribution in [0.1, 0.15) is 39.2 Å². The Morgan fingerprint density at radius 3 is 2.61 bits per heavy atom. The molecule has 1 aromatic carbocycles. The highest BCUT2D eigenvalue weighted by atomic mass is 127. The predicted octanol–water partition coefficient (Wildman–Crippen LogP) is 3.85. The number of piperidine rings is 1. The van der Waals surface area contributed by atoms with Crippen LogP contribution < -0.4 is 11.1 Å². The Labute approximate surface area is 157 Å². The molecular formula is C18H31IN4. The van der Waals surface area contributed by atoms with E-state index in [1.54, 1.807) is 0 Å². The third-order valence-electron chi connectivity index (χ3n) is 4.47. The first-order chi connectivity index (χ1) is 10.4. The number of benzene rings is 1. The van der Waals surface area contributed by atoms with Crippen molar-refractivity contribution in [3.8, 4) is 0 Å². The van der Waals surface area contributed by atoms with Gasteiger partial charge in [-0.2, -0.15) is 0 Å². The van der Waals surface area contributed by atoms with Gasteiger partial charge in [0.2, 0.25) is 0 Å². The van der Waals surface area contributed by atoms with E-state index in [-0.39, 0.29) is 29.5 Å². The number of aryl methyl sites for hydroxylation is 1. The first-order valence-corrected chi connectivity index (χ1v) is 8.25. The number of anilines is 1. The first kappa shape index (κ1) is 20.2. The number of hydrogen-bond donors (Lipinski definition) is 2. The molecule has 1 aromatic rings. The van der Waals surface area contributed by atoms with Crippen molar-refractivity contribution in [2.45, 2.75) is 46.1 Å². The third-order valence-corrected chi connectivity index (χ3v) is 4.47. The summed E-state index contributed by atoms with van der Waals surface area (Å²) in [6, 6.07) is 8.17. The Kier molecular flexibility index (Phi) is 7.80. The molecule has 0 spiro atoms. The van der Waals surface area contributed by atoms with E-state index in [9.17, 15) is 0 Å². The second kappa shape index (κ2) is 8.87. The molecule has 0 aliphatic carbocycles. The fourth-order valence-electron chi connectivity index (χ4n) is 2.94. The van der Waals surface area contributed by atoms with Gasteiger partial charge in [-0.15, -0.1) is 24.0 Å². The van der Waals surface area contributed by atoms with Crippen LogP contribution in [0, 0.1) is 12.8 Å². The lowest BCUT2D eigenvalue weighted by Crippen LogP contribution is -2.51. The summed E-state index contributed by atoms with van der Waals surface area (Å²) in [5.41, 5.74) is 8.30. The molecule has 0 radical (unpaired) electrons. The number of rotatable bonds is 4. The molecule has 0 aromatic heterocycles. The van der Waals surface area contributed by atoms with Crippen molar-refractivity contribution >= 4 is 35.6 Å². The van der Waals surface area contributed by atoms with Gasteiger partial charge in [-0.25, -0.2) is 0 Å². The second-order valence-corrected chi connectivity index (χ2v) is 7.20. The SMILES string of the molecule is Cc1ccc(NC(N)=NCC(C)(C)N2CCCC(C)C2)cc1.I. The molecule has 130 valence electrons. The van der Waals surface area contributed by atoms with E-state index in [0.29, 0.717) is 12.5 Å². The summed E-state index contributed by atoms with van der Waals surface area (Å²) in [5.74, 6) is 1.27. The van der Waals surface area contributed by atoms with Gasteiger partial charge in [0, 0.05) is 17.8 Å². The van der Waals surface area contributed by atoms with Crippen LogP contribution in [0.5, 0.6) is 0 Å². The zero-order chi connectivity index (χ0) is 16.2. The van der Waals surface area contributed by atoms with E-state index < -0.39 is 0 Å². The summed E-state index contributed by atoms with van der Waals surface area (Å²) in [4.78, 5) is 7.10. The molecule has 1 saturated heterocycles. The summed E-state index contributed by atoms with van der Waals surface area (Å²) in [6.45, 7) is 12.0. The van der Waals surface area contributed by atoms with E-state index in [4.69, 9.17) is 5.73 Å². The molecule has 0 bridgehead atoms. The Morgan fingerprint density at radius 1 is 1.35 bits per heavy atom. The average Bonchev–Trinajstić information content (AvgIpc) is 2.48. The fraction of sp³-hybridized carbons (Fsp3) is 0.611. The average molecular weight is 430 g/mol. The number of nitrogens with one attached hydrogen (secondary N) is 1. The van der Waals surface area contributed by atoms with Gasteiger partial charge >= 0.3 is 0 Å². The van der Waals surface area contributed by atoms with Crippen LogP contribution in [0.3, 0.4) is 0 Å². The standard InChI is InChI=1S/C18H30N4.HI/c1-14-7-9-16(10-8-14)21-17(19)20-13-18(3,4)22-11-5-6-15(2)12-22;/h7-10,15H,5-6,11-13H2,1-4H3,(H3,19,20,21);1H. The summed E-state index contributed by atoms with van der Waals surface area (Å²) in [7, 11) is 0. The minimum Gasteiger partial charge on any atom is -0.370 e. The van der Waals surface area contributed by atoms with Gasteiger partial charge in [0.05, 0.1) is 6.54 Å². The predicted molar refractivity (Wildman–Crippen MR) is 111 cm³/mol. The molecule has 1 fully saturated rings. The number of nitrogens with zero attached hydrogens (tertiary/aromatic N) is 2. The number of guanidine groups is 1. The zero-order valence-electron chi connectivity index (χ0n) is 14.8. The van der Waals surface area contributed by atoms with Crippen LogP contribution in [0.25, 0.3) is 0 Å². The van der Waals surface area contributed by atoms with Crippen LogP contribution in [0.2, 0.25) is 0 Å². The Bertz CT molecular complexity index is 510. The van der Waals surface area contributed by atoms with E-state index >= 15 is 0 Å². The Morgan fingerprint density at radius 2 is 2.00 bits per heavy atom. The van der Waals surface area contributed by atoms with E-state index in [0.717, 1.165) is 24.7 Å². The van der Waals surface area contributed by atoms with Crippen molar-refractivity contribution in [1.29, 1.82) is 0 Å². The lowest BCUT2D eigenvalue weighted by Gasteiger charge is -2.42. The van der Waals surface area contributed by atoms with Crippen molar-refractivity contribution in [2.75, 3.05) is 25.0 Å². The zero-order valence-corrected chi connectivity index (χ0v) is 17.1. The van der Waals surface area contributed by atoms with Crippen molar-refractivity contribution in [2.24, 2.45) is 16.6 Å². The van der Waals surface area contributed by atoms with Gasteiger partial charge in [-0.3, -0.25) is 9.89 Å². The van der Waals surface area contributed by atoms with Crippen LogP contribution in [0.15, 0.2) is 29.3 Å². The molecule has 0 amide bonds. The van der Waals surface area contributed by atoms with Gasteiger partial charge in [0.1, 0.15) is 0 Å². The first-order valence-electron chi connectivity index (χ1n) is 8.25. The van der Waals surface area contributed by atoms with Gasteiger partial charge in [0.15, 0.2) is 5.96 Å². The summed E-state index contributed by atoms with van der Waals surface area (Å²) in [5, 5.41) is 3.16. The van der Waals surface area contributed by atoms with E-state index in [1.807, 2.05) is 12.1 Å². The van der Waals surface area contributed by atoms with Crippen LogP contribution in [-0.2, 0) is 0 Å². The molecule has 0 saturated carbocycles. The maximum absolute atomic E-state index is 6.03. The molecule has 1 aliphatic rings. The number of halogens is 1. The third kappa shape index (κ3) is 6.30. The molecule has 1 unspecified atom stereocenters. The van der Waals surface area contributed by atoms with Crippen LogP contribution in [-0.4, -0.2) is 36.0 Å². The molecule has 1 atom stereocenters. The summed E-state index contributed by atoms with van der Waals surface area (Å²) >= 11 is 0. The molecule has 4 nitrogen and oxygen atoms in total. The topological polar surface area (TPSA) is 53.6 Å². The smallest absolute Gasteiger partial charge is 0.193 e. The number of hydrogen-bond acceptors (Lipinski definition) is 2. The van der Waals surface area contributed by atoms with Crippen LogP contribution in [0.4, 0.5) is 5.69 Å². The Hall–Kier alpha value is -0.820. The fourth-order valence-corrected chi connectivity index (χ4v) is 2.94. The van der Waals surface area contributed by atoms with Gasteiger partial charge in [-0.05, 0) is 58.2 Å². The van der Waals surface area contributed by atoms with Crippen molar-refractivity contribution < 1.29 is 0 Å². The van der Waals surface area contributed by atoms with Gasteiger partial charge < -0.3 is 11.1 Å². The van der Waals surface area contributed by atoms with E-state index in [1.165, 1.54) is 18.4 Å². The van der Waals surface area contributed by atoms with Crippen LogP contribution >= 0.6 is 24.0 Å². The highest BCUT2D eigenvalue weighted by molar-refractivity contribution is 14.0. The summed E-state index contributed by atoms with van der Waals surface area (Å²) < 4.78 is 0. The second-order valence-electron chi connectivity index (χ2n) is 7.20. The minimum absolute atomic E-state index is 0.